The molecular formula is C29H29NO3. The van der Waals surface area contributed by atoms with Gasteiger partial charge in [0.25, 0.3) is 0 Å². The van der Waals surface area contributed by atoms with Crippen LogP contribution in [0.1, 0.15) is 23.6 Å². The van der Waals surface area contributed by atoms with Crippen molar-refractivity contribution < 1.29 is 14.2 Å². The fraction of sp³-hybridized carbons (Fsp3) is 0.241. The Hall–Kier alpha value is -3.50. The lowest BCUT2D eigenvalue weighted by molar-refractivity contribution is 0.174. The molecule has 0 unspecified atom stereocenters. The fourth-order valence-corrected chi connectivity index (χ4v) is 4.31. The minimum Gasteiger partial charge on any atom is -0.494 e. The Labute approximate surface area is 195 Å². The second-order valence-electron chi connectivity index (χ2n) is 8.41. The highest BCUT2D eigenvalue weighted by atomic mass is 16.7. The molecule has 33 heavy (non-hydrogen) atoms. The zero-order valence-corrected chi connectivity index (χ0v) is 19.0. The van der Waals surface area contributed by atoms with Crippen molar-refractivity contribution >= 4 is 10.8 Å². The molecule has 0 fully saturated rings. The highest BCUT2D eigenvalue weighted by molar-refractivity contribution is 5.82. The maximum atomic E-state index is 5.61. The lowest BCUT2D eigenvalue weighted by atomic mass is 10.1. The summed E-state index contributed by atoms with van der Waals surface area (Å²) >= 11 is 0. The summed E-state index contributed by atoms with van der Waals surface area (Å²) in [5.41, 5.74) is 3.87. The SMILES string of the molecule is CCOc1ccc(CN(CCc2ccc3c(c2)OCO3)Cc2ccc3ccccc3c2)cc1. The molecule has 0 aliphatic carbocycles. The predicted molar refractivity (Wildman–Crippen MR) is 132 cm³/mol. The van der Waals surface area contributed by atoms with Crippen molar-refractivity contribution in [2.24, 2.45) is 0 Å². The molecule has 0 saturated heterocycles. The lowest BCUT2D eigenvalue weighted by Crippen LogP contribution is -2.25. The van der Waals surface area contributed by atoms with Crippen LogP contribution in [-0.2, 0) is 19.5 Å². The predicted octanol–water partition coefficient (Wildman–Crippen LogP) is 6.21. The Balaban J connectivity index is 1.33. The van der Waals surface area contributed by atoms with E-state index in [-0.39, 0.29) is 0 Å². The van der Waals surface area contributed by atoms with Gasteiger partial charge < -0.3 is 14.2 Å². The topological polar surface area (TPSA) is 30.9 Å². The fourth-order valence-electron chi connectivity index (χ4n) is 4.31. The van der Waals surface area contributed by atoms with E-state index in [2.05, 4.69) is 83.8 Å². The first-order valence-corrected chi connectivity index (χ1v) is 11.6. The second kappa shape index (κ2) is 9.97. The van der Waals surface area contributed by atoms with Gasteiger partial charge in [-0.25, -0.2) is 0 Å². The molecule has 1 aliphatic rings. The van der Waals surface area contributed by atoms with Crippen molar-refractivity contribution in [2.75, 3.05) is 19.9 Å². The first kappa shape index (κ1) is 21.4. The van der Waals surface area contributed by atoms with Gasteiger partial charge in [0, 0.05) is 19.6 Å². The molecule has 1 aliphatic heterocycles. The van der Waals surface area contributed by atoms with E-state index in [1.165, 1.54) is 27.5 Å². The van der Waals surface area contributed by atoms with E-state index in [1.54, 1.807) is 0 Å². The van der Waals surface area contributed by atoms with E-state index >= 15 is 0 Å². The van der Waals surface area contributed by atoms with E-state index in [9.17, 15) is 0 Å². The van der Waals surface area contributed by atoms with Gasteiger partial charge in [0.15, 0.2) is 11.5 Å². The Morgan fingerprint density at radius 1 is 0.727 bits per heavy atom. The van der Waals surface area contributed by atoms with Gasteiger partial charge in [-0.2, -0.15) is 0 Å². The van der Waals surface area contributed by atoms with Gasteiger partial charge in [0.1, 0.15) is 5.75 Å². The van der Waals surface area contributed by atoms with Gasteiger partial charge in [-0.3, -0.25) is 4.90 Å². The van der Waals surface area contributed by atoms with Crippen molar-refractivity contribution in [1.82, 2.24) is 4.90 Å². The van der Waals surface area contributed by atoms with Crippen LogP contribution in [0.15, 0.2) is 84.9 Å². The highest BCUT2D eigenvalue weighted by Gasteiger charge is 2.14. The van der Waals surface area contributed by atoms with Crippen molar-refractivity contribution in [3.8, 4) is 17.2 Å². The summed E-state index contributed by atoms with van der Waals surface area (Å²) in [5, 5.41) is 2.56. The third kappa shape index (κ3) is 5.29. The van der Waals surface area contributed by atoms with Gasteiger partial charge in [-0.05, 0) is 71.1 Å². The molecule has 1 heterocycles. The standard InChI is InChI=1S/C29H29NO3/c1-2-31-27-12-8-23(9-13-27)19-30(16-15-22-10-14-28-29(18-22)33-21-32-28)20-24-7-11-25-5-3-4-6-26(25)17-24/h3-14,17-18H,2,15-16,19-21H2,1H3. The van der Waals surface area contributed by atoms with Crippen LogP contribution in [-0.4, -0.2) is 24.8 Å². The van der Waals surface area contributed by atoms with Gasteiger partial charge in [0.05, 0.1) is 6.61 Å². The summed E-state index contributed by atoms with van der Waals surface area (Å²) in [5.74, 6) is 2.60. The van der Waals surface area contributed by atoms with Crippen LogP contribution in [0.5, 0.6) is 17.2 Å². The minimum absolute atomic E-state index is 0.310. The molecule has 4 aromatic carbocycles. The molecular weight excluding hydrogens is 410 g/mol. The number of fused-ring (bicyclic) bond motifs is 2. The van der Waals surface area contributed by atoms with Gasteiger partial charge in [0.2, 0.25) is 6.79 Å². The molecule has 0 radical (unpaired) electrons. The molecule has 4 aromatic rings. The largest absolute Gasteiger partial charge is 0.494 e. The summed E-state index contributed by atoms with van der Waals surface area (Å²) in [6.45, 7) is 5.72. The number of hydrogen-bond acceptors (Lipinski definition) is 4. The molecule has 0 bridgehead atoms. The molecule has 0 atom stereocenters. The molecule has 0 amide bonds. The van der Waals surface area contributed by atoms with Gasteiger partial charge in [-0.15, -0.1) is 0 Å². The average molecular weight is 440 g/mol. The van der Waals surface area contributed by atoms with Crippen molar-refractivity contribution in [3.05, 3.63) is 102 Å². The Kier molecular flexibility index (Phi) is 6.45. The summed E-state index contributed by atoms with van der Waals surface area (Å²) in [6, 6.07) is 30.0. The molecule has 0 aromatic heterocycles. The molecule has 4 heteroatoms. The zero-order valence-electron chi connectivity index (χ0n) is 19.0. The van der Waals surface area contributed by atoms with Crippen LogP contribution in [0.4, 0.5) is 0 Å². The van der Waals surface area contributed by atoms with Gasteiger partial charge >= 0.3 is 0 Å². The summed E-state index contributed by atoms with van der Waals surface area (Å²) in [7, 11) is 0. The van der Waals surface area contributed by atoms with Crippen molar-refractivity contribution in [3.63, 3.8) is 0 Å². The van der Waals surface area contributed by atoms with E-state index in [1.807, 2.05) is 13.0 Å². The summed E-state index contributed by atoms with van der Waals surface area (Å²) in [6.07, 6.45) is 0.946. The zero-order chi connectivity index (χ0) is 22.5. The van der Waals surface area contributed by atoms with Crippen LogP contribution >= 0.6 is 0 Å². The number of hydrogen-bond donors (Lipinski definition) is 0. The van der Waals surface area contributed by atoms with Crippen molar-refractivity contribution in [2.45, 2.75) is 26.4 Å². The average Bonchev–Trinajstić information content (AvgIpc) is 3.32. The highest BCUT2D eigenvalue weighted by Crippen LogP contribution is 2.32. The van der Waals surface area contributed by atoms with E-state index < -0.39 is 0 Å². The van der Waals surface area contributed by atoms with E-state index in [4.69, 9.17) is 14.2 Å². The molecule has 5 rings (SSSR count). The Morgan fingerprint density at radius 2 is 1.45 bits per heavy atom. The number of nitrogens with zero attached hydrogens (tertiary/aromatic N) is 1. The second-order valence-corrected chi connectivity index (χ2v) is 8.41. The van der Waals surface area contributed by atoms with Crippen LogP contribution in [0, 0.1) is 0 Å². The Bertz CT molecular complexity index is 1220. The van der Waals surface area contributed by atoms with Crippen LogP contribution in [0.2, 0.25) is 0 Å². The number of benzene rings is 4. The van der Waals surface area contributed by atoms with E-state index in [0.717, 1.165) is 43.3 Å². The summed E-state index contributed by atoms with van der Waals surface area (Å²) in [4.78, 5) is 2.50. The molecule has 0 N–H and O–H groups in total. The van der Waals surface area contributed by atoms with E-state index in [0.29, 0.717) is 13.4 Å². The first-order valence-electron chi connectivity index (χ1n) is 11.6. The molecule has 4 nitrogen and oxygen atoms in total. The molecule has 168 valence electrons. The van der Waals surface area contributed by atoms with Crippen LogP contribution < -0.4 is 14.2 Å². The minimum atomic E-state index is 0.310. The van der Waals surface area contributed by atoms with Crippen molar-refractivity contribution in [1.29, 1.82) is 0 Å². The van der Waals surface area contributed by atoms with Gasteiger partial charge in [-0.1, -0.05) is 54.6 Å². The third-order valence-corrected chi connectivity index (χ3v) is 6.01. The first-order chi connectivity index (χ1) is 16.3. The Morgan fingerprint density at radius 3 is 2.30 bits per heavy atom. The molecule has 0 spiro atoms. The third-order valence-electron chi connectivity index (χ3n) is 6.01. The molecule has 0 saturated carbocycles. The summed E-state index contributed by atoms with van der Waals surface area (Å²) < 4.78 is 16.6. The number of rotatable bonds is 9. The quantitative estimate of drug-likeness (QED) is 0.310. The van der Waals surface area contributed by atoms with Crippen LogP contribution in [0.3, 0.4) is 0 Å². The number of ether oxygens (including phenoxy) is 3. The smallest absolute Gasteiger partial charge is 0.231 e. The van der Waals surface area contributed by atoms with Crippen LogP contribution in [0.25, 0.3) is 10.8 Å². The maximum Gasteiger partial charge on any atom is 0.231 e. The monoisotopic (exact) mass is 439 g/mol. The maximum absolute atomic E-state index is 5.61. The lowest BCUT2D eigenvalue weighted by Gasteiger charge is -2.23. The normalized spacial score (nSPS) is 12.4.